The normalized spacial score (nSPS) is 16.0. The molecule has 0 atom stereocenters. The third kappa shape index (κ3) is 4.09. The predicted molar refractivity (Wildman–Crippen MR) is 115 cm³/mol. The molecule has 0 amide bonds. The molecule has 0 spiro atoms. The minimum absolute atomic E-state index is 0.0314. The van der Waals surface area contributed by atoms with Crippen molar-refractivity contribution in [1.29, 1.82) is 0 Å². The highest BCUT2D eigenvalue weighted by atomic mass is 16.1. The summed E-state index contributed by atoms with van der Waals surface area (Å²) in [5, 5.41) is 5.97. The summed E-state index contributed by atoms with van der Waals surface area (Å²) in [6.07, 6.45) is 5.50. The van der Waals surface area contributed by atoms with Crippen LogP contribution in [-0.4, -0.2) is 33.6 Å². The molecule has 1 saturated heterocycles. The van der Waals surface area contributed by atoms with E-state index in [0.717, 1.165) is 32.5 Å². The summed E-state index contributed by atoms with van der Waals surface area (Å²) < 4.78 is 1.73. The first-order valence-electron chi connectivity index (χ1n) is 10.1. The number of hydrogen-bond acceptors (Lipinski definition) is 4. The third-order valence-corrected chi connectivity index (χ3v) is 5.57. The van der Waals surface area contributed by atoms with Gasteiger partial charge in [-0.25, -0.2) is 4.98 Å². The van der Waals surface area contributed by atoms with Crippen molar-refractivity contribution in [2.75, 3.05) is 18.4 Å². The van der Waals surface area contributed by atoms with Gasteiger partial charge < -0.3 is 9.88 Å². The van der Waals surface area contributed by atoms with Crippen molar-refractivity contribution in [2.45, 2.75) is 45.3 Å². The first kappa shape index (κ1) is 18.7. The zero-order chi connectivity index (χ0) is 19.5. The van der Waals surface area contributed by atoms with Crippen LogP contribution in [0.3, 0.4) is 0 Å². The number of piperidine rings is 1. The molecule has 1 aliphatic heterocycles. The van der Waals surface area contributed by atoms with Crippen molar-refractivity contribution in [3.05, 3.63) is 70.8 Å². The van der Waals surface area contributed by atoms with Crippen LogP contribution in [0.2, 0.25) is 0 Å². The molecule has 0 saturated carbocycles. The van der Waals surface area contributed by atoms with Crippen molar-refractivity contribution in [3.8, 4) is 0 Å². The molecule has 146 valence electrons. The van der Waals surface area contributed by atoms with Gasteiger partial charge in [-0.1, -0.05) is 36.4 Å². The molecule has 1 N–H and O–H groups in total. The average Bonchev–Trinajstić information content (AvgIpc) is 2.71. The molecule has 5 nitrogen and oxygen atoms in total. The number of fused-ring (bicyclic) bond motifs is 1. The highest BCUT2D eigenvalue weighted by Crippen LogP contribution is 2.20. The maximum Gasteiger partial charge on any atom is 0.293 e. The minimum Gasteiger partial charge on any atom is -0.363 e. The summed E-state index contributed by atoms with van der Waals surface area (Å²) in [5.74, 6) is 0.476. The van der Waals surface area contributed by atoms with E-state index < -0.39 is 0 Å². The lowest BCUT2D eigenvalue weighted by Crippen LogP contribution is -2.40. The smallest absolute Gasteiger partial charge is 0.293 e. The average molecular weight is 377 g/mol. The van der Waals surface area contributed by atoms with E-state index in [-0.39, 0.29) is 11.6 Å². The number of likely N-dealkylation sites (tertiary alicyclic amines) is 1. The van der Waals surface area contributed by atoms with Crippen molar-refractivity contribution in [3.63, 3.8) is 0 Å². The van der Waals surface area contributed by atoms with Crippen LogP contribution in [0.5, 0.6) is 0 Å². The number of nitrogens with zero attached hydrogens (tertiary/aromatic N) is 3. The predicted octanol–water partition coefficient (Wildman–Crippen LogP) is 4.05. The van der Waals surface area contributed by atoms with Crippen molar-refractivity contribution in [2.24, 2.45) is 0 Å². The molecule has 2 aromatic carbocycles. The van der Waals surface area contributed by atoms with Gasteiger partial charge in [0, 0.05) is 44.1 Å². The van der Waals surface area contributed by atoms with Crippen molar-refractivity contribution in [1.82, 2.24) is 14.5 Å². The van der Waals surface area contributed by atoms with Crippen LogP contribution in [0.25, 0.3) is 10.8 Å². The van der Waals surface area contributed by atoms with E-state index in [9.17, 15) is 4.79 Å². The van der Waals surface area contributed by atoms with Crippen LogP contribution in [0.1, 0.15) is 38.3 Å². The molecule has 4 rings (SSSR count). The molecule has 3 aromatic rings. The van der Waals surface area contributed by atoms with Crippen molar-refractivity contribution < 1.29 is 0 Å². The van der Waals surface area contributed by atoms with E-state index in [2.05, 4.69) is 57.7 Å². The molecule has 0 radical (unpaired) electrons. The monoisotopic (exact) mass is 376 g/mol. The fourth-order valence-electron chi connectivity index (χ4n) is 3.95. The molecule has 0 unspecified atom stereocenters. The van der Waals surface area contributed by atoms with Gasteiger partial charge in [0.2, 0.25) is 0 Å². The molecule has 1 fully saturated rings. The topological polar surface area (TPSA) is 50.2 Å². The van der Waals surface area contributed by atoms with Crippen molar-refractivity contribution >= 4 is 16.6 Å². The van der Waals surface area contributed by atoms with Crippen LogP contribution in [0.4, 0.5) is 5.82 Å². The molecule has 0 bridgehead atoms. The number of hydrogen-bond donors (Lipinski definition) is 1. The Bertz CT molecular complexity index is 1000. The van der Waals surface area contributed by atoms with E-state index in [1.165, 1.54) is 16.3 Å². The lowest BCUT2D eigenvalue weighted by atomic mass is 10.0. The Morgan fingerprint density at radius 2 is 1.86 bits per heavy atom. The van der Waals surface area contributed by atoms with Gasteiger partial charge in [-0.2, -0.15) is 0 Å². The van der Waals surface area contributed by atoms with Crippen LogP contribution in [-0.2, 0) is 6.54 Å². The molecule has 0 aliphatic carbocycles. The summed E-state index contributed by atoms with van der Waals surface area (Å²) in [6, 6.07) is 15.7. The fraction of sp³-hybridized carbons (Fsp3) is 0.391. The summed E-state index contributed by atoms with van der Waals surface area (Å²) in [4.78, 5) is 19.3. The van der Waals surface area contributed by atoms with Gasteiger partial charge in [0.15, 0.2) is 5.82 Å². The lowest BCUT2D eigenvalue weighted by Gasteiger charge is -2.32. The molecule has 28 heavy (non-hydrogen) atoms. The summed E-state index contributed by atoms with van der Waals surface area (Å²) in [6.45, 7) is 7.04. The maximum absolute atomic E-state index is 12.5. The number of rotatable bonds is 5. The van der Waals surface area contributed by atoms with Gasteiger partial charge in [0.25, 0.3) is 5.56 Å². The molecule has 1 aromatic heterocycles. The molecular formula is C23H28N4O. The standard InChI is InChI=1S/C23H28N4O/c1-17(2)27-14-11-24-22(23(27)28)25-21-9-12-26(13-10-21)16-18-7-8-19-5-3-4-6-20(19)15-18/h3-8,11,14-15,17,21H,9-10,12-13,16H2,1-2H3,(H,24,25). The second-order valence-electron chi connectivity index (χ2n) is 7.96. The van der Waals surface area contributed by atoms with Crippen LogP contribution < -0.4 is 10.9 Å². The van der Waals surface area contributed by atoms with Gasteiger partial charge >= 0.3 is 0 Å². The second-order valence-corrected chi connectivity index (χ2v) is 7.96. The van der Waals surface area contributed by atoms with Gasteiger partial charge in [0.1, 0.15) is 0 Å². The molecule has 5 heteroatoms. The first-order chi connectivity index (χ1) is 13.6. The summed E-state index contributed by atoms with van der Waals surface area (Å²) in [5.41, 5.74) is 1.32. The fourth-order valence-corrected chi connectivity index (χ4v) is 3.95. The van der Waals surface area contributed by atoms with Gasteiger partial charge in [-0.3, -0.25) is 9.69 Å². The quantitative estimate of drug-likeness (QED) is 0.730. The maximum atomic E-state index is 12.5. The van der Waals surface area contributed by atoms with E-state index >= 15 is 0 Å². The lowest BCUT2D eigenvalue weighted by molar-refractivity contribution is 0.211. The van der Waals surface area contributed by atoms with E-state index in [1.54, 1.807) is 17.0 Å². The number of nitrogens with one attached hydrogen (secondary N) is 1. The Balaban J connectivity index is 1.35. The Labute approximate surface area is 166 Å². The largest absolute Gasteiger partial charge is 0.363 e. The SMILES string of the molecule is CC(C)n1ccnc(NC2CCN(Cc3ccc4ccccc4c3)CC2)c1=O. The molecular weight excluding hydrogens is 348 g/mol. The van der Waals surface area contributed by atoms with Gasteiger partial charge in [-0.05, 0) is 49.1 Å². The van der Waals surface area contributed by atoms with Gasteiger partial charge in [-0.15, -0.1) is 0 Å². The number of anilines is 1. The van der Waals surface area contributed by atoms with Crippen LogP contribution in [0, 0.1) is 0 Å². The minimum atomic E-state index is -0.0314. The second kappa shape index (κ2) is 8.15. The Hall–Kier alpha value is -2.66. The Kier molecular flexibility index (Phi) is 5.44. The Morgan fingerprint density at radius 1 is 1.11 bits per heavy atom. The van der Waals surface area contributed by atoms with E-state index in [0.29, 0.717) is 11.9 Å². The summed E-state index contributed by atoms with van der Waals surface area (Å²) >= 11 is 0. The van der Waals surface area contributed by atoms with Gasteiger partial charge in [0.05, 0.1) is 0 Å². The zero-order valence-corrected chi connectivity index (χ0v) is 16.6. The van der Waals surface area contributed by atoms with E-state index in [1.807, 2.05) is 13.8 Å². The molecule has 1 aliphatic rings. The number of benzene rings is 2. The van der Waals surface area contributed by atoms with E-state index in [4.69, 9.17) is 0 Å². The summed E-state index contributed by atoms with van der Waals surface area (Å²) in [7, 11) is 0. The van der Waals surface area contributed by atoms with Crippen LogP contribution in [0.15, 0.2) is 59.7 Å². The highest BCUT2D eigenvalue weighted by molar-refractivity contribution is 5.82. The number of aromatic nitrogens is 2. The zero-order valence-electron chi connectivity index (χ0n) is 16.6. The Morgan fingerprint density at radius 3 is 2.61 bits per heavy atom. The highest BCUT2D eigenvalue weighted by Gasteiger charge is 2.21. The molecule has 2 heterocycles. The first-order valence-corrected chi connectivity index (χ1v) is 10.1. The van der Waals surface area contributed by atoms with Crippen LogP contribution >= 0.6 is 0 Å². The third-order valence-electron chi connectivity index (χ3n) is 5.57.